The van der Waals surface area contributed by atoms with Crippen LogP contribution >= 0.6 is 11.6 Å². The molecule has 0 radical (unpaired) electrons. The number of anilines is 1. The van der Waals surface area contributed by atoms with E-state index in [1.807, 2.05) is 19.9 Å². The zero-order chi connectivity index (χ0) is 17.9. The second-order valence-electron chi connectivity index (χ2n) is 5.50. The third-order valence-electron chi connectivity index (χ3n) is 3.37. The quantitative estimate of drug-likeness (QED) is 0.648. The molecule has 0 spiro atoms. The van der Waals surface area contributed by atoms with Gasteiger partial charge in [0, 0.05) is 6.07 Å². The molecule has 0 aliphatic rings. The fourth-order valence-corrected chi connectivity index (χ4v) is 2.65. The second-order valence-corrected chi connectivity index (χ2v) is 5.91. The molecule has 0 aliphatic heterocycles. The molecule has 2 rings (SSSR count). The molecule has 0 atom stereocenters. The van der Waals surface area contributed by atoms with Crippen LogP contribution in [0.2, 0.25) is 5.02 Å². The van der Waals surface area contributed by atoms with Crippen LogP contribution in [0.5, 0.6) is 5.75 Å². The Morgan fingerprint density at radius 3 is 2.54 bits per heavy atom. The fourth-order valence-electron chi connectivity index (χ4n) is 2.28. The van der Waals surface area contributed by atoms with Crippen molar-refractivity contribution in [2.75, 3.05) is 11.9 Å². The maximum absolute atomic E-state index is 12.1. The highest BCUT2D eigenvalue weighted by Crippen LogP contribution is 2.29. The minimum Gasteiger partial charge on any atom is -0.477 e. The molecule has 0 aliphatic carbocycles. The monoisotopic (exact) mass is 348 g/mol. The molecule has 2 aromatic carbocycles. The molecule has 0 saturated carbocycles. The van der Waals surface area contributed by atoms with Crippen molar-refractivity contribution in [1.29, 1.82) is 0 Å². The molecular weight excluding hydrogens is 332 g/mol. The number of hydrogen-bond donors (Lipinski definition) is 1. The van der Waals surface area contributed by atoms with Gasteiger partial charge in [-0.3, -0.25) is 14.9 Å². The maximum atomic E-state index is 12.1. The Morgan fingerprint density at radius 2 is 1.92 bits per heavy atom. The van der Waals surface area contributed by atoms with Crippen molar-refractivity contribution >= 4 is 28.9 Å². The highest BCUT2D eigenvalue weighted by atomic mass is 35.5. The lowest BCUT2D eigenvalue weighted by Crippen LogP contribution is -2.21. The van der Waals surface area contributed by atoms with E-state index in [4.69, 9.17) is 16.3 Å². The number of halogens is 1. The van der Waals surface area contributed by atoms with Gasteiger partial charge in [-0.25, -0.2) is 0 Å². The molecule has 0 aromatic heterocycles. The Kier molecular flexibility index (Phi) is 5.41. The number of nitrogens with one attached hydrogen (secondary N) is 1. The Morgan fingerprint density at radius 1 is 1.21 bits per heavy atom. The first-order chi connectivity index (χ1) is 11.3. The van der Waals surface area contributed by atoms with Crippen LogP contribution in [0.1, 0.15) is 16.7 Å². The molecule has 24 heavy (non-hydrogen) atoms. The van der Waals surface area contributed by atoms with Crippen LogP contribution in [-0.4, -0.2) is 17.4 Å². The van der Waals surface area contributed by atoms with Gasteiger partial charge in [0.15, 0.2) is 12.4 Å². The average molecular weight is 349 g/mol. The summed E-state index contributed by atoms with van der Waals surface area (Å²) in [7, 11) is 0. The van der Waals surface area contributed by atoms with E-state index in [-0.39, 0.29) is 18.0 Å². The number of hydrogen-bond acceptors (Lipinski definition) is 4. The van der Waals surface area contributed by atoms with E-state index in [1.165, 1.54) is 12.1 Å². The van der Waals surface area contributed by atoms with Crippen LogP contribution in [0, 0.1) is 30.9 Å². The van der Waals surface area contributed by atoms with Gasteiger partial charge in [0.2, 0.25) is 0 Å². The fraction of sp³-hybridized carbons (Fsp3) is 0.235. The van der Waals surface area contributed by atoms with E-state index in [9.17, 15) is 14.9 Å². The van der Waals surface area contributed by atoms with E-state index in [1.54, 1.807) is 19.1 Å². The van der Waals surface area contributed by atoms with Crippen molar-refractivity contribution in [3.63, 3.8) is 0 Å². The number of rotatable bonds is 5. The lowest BCUT2D eigenvalue weighted by Gasteiger charge is -2.12. The first kappa shape index (κ1) is 17.7. The van der Waals surface area contributed by atoms with Crippen LogP contribution in [-0.2, 0) is 4.79 Å². The predicted octanol–water partition coefficient (Wildman–Crippen LogP) is 4.19. The molecule has 0 fully saturated rings. The number of nitro benzene ring substituents is 1. The summed E-state index contributed by atoms with van der Waals surface area (Å²) < 4.78 is 5.29. The van der Waals surface area contributed by atoms with Crippen molar-refractivity contribution < 1.29 is 14.5 Å². The molecule has 0 heterocycles. The number of nitrogens with zero attached hydrogens (tertiary/aromatic N) is 1. The topological polar surface area (TPSA) is 81.5 Å². The summed E-state index contributed by atoms with van der Waals surface area (Å²) >= 11 is 6.14. The number of carbonyl (C=O) groups excluding carboxylic acids is 1. The number of aryl methyl sites for hydroxylation is 3. The van der Waals surface area contributed by atoms with Gasteiger partial charge >= 0.3 is 5.69 Å². The van der Waals surface area contributed by atoms with Gasteiger partial charge in [0.05, 0.1) is 15.6 Å². The molecule has 1 amide bonds. The van der Waals surface area contributed by atoms with Crippen molar-refractivity contribution in [2.45, 2.75) is 20.8 Å². The van der Waals surface area contributed by atoms with Gasteiger partial charge in [-0.15, -0.1) is 0 Å². The summed E-state index contributed by atoms with van der Waals surface area (Å²) in [6.07, 6.45) is 0. The van der Waals surface area contributed by atoms with Crippen molar-refractivity contribution in [2.24, 2.45) is 0 Å². The summed E-state index contributed by atoms with van der Waals surface area (Å²) in [4.78, 5) is 22.6. The first-order valence-corrected chi connectivity index (χ1v) is 7.60. The molecule has 2 aromatic rings. The van der Waals surface area contributed by atoms with Gasteiger partial charge in [0.1, 0.15) is 0 Å². The van der Waals surface area contributed by atoms with Gasteiger partial charge in [0.25, 0.3) is 5.91 Å². The standard InChI is InChI=1S/C17H17ClN2O4/c1-10-4-5-15(14(8-10)20(22)23)24-9-16(21)19-17-12(3)6-11(2)7-13(17)18/h4-8H,9H2,1-3H3,(H,19,21). The molecule has 1 N–H and O–H groups in total. The van der Waals surface area contributed by atoms with Crippen molar-refractivity contribution in [3.05, 3.63) is 62.2 Å². The molecular formula is C17H17ClN2O4. The summed E-state index contributed by atoms with van der Waals surface area (Å²) in [6, 6.07) is 8.20. The lowest BCUT2D eigenvalue weighted by atomic mass is 10.1. The molecule has 0 bridgehead atoms. The number of nitro groups is 1. The lowest BCUT2D eigenvalue weighted by molar-refractivity contribution is -0.385. The number of ether oxygens (including phenoxy) is 1. The number of amides is 1. The van der Waals surface area contributed by atoms with Crippen molar-refractivity contribution in [3.8, 4) is 5.75 Å². The van der Waals surface area contributed by atoms with Crippen LogP contribution in [0.3, 0.4) is 0 Å². The highest BCUT2D eigenvalue weighted by molar-refractivity contribution is 6.34. The maximum Gasteiger partial charge on any atom is 0.311 e. The zero-order valence-corrected chi connectivity index (χ0v) is 14.3. The molecule has 0 saturated heterocycles. The normalized spacial score (nSPS) is 10.3. The van der Waals surface area contributed by atoms with E-state index < -0.39 is 10.8 Å². The summed E-state index contributed by atoms with van der Waals surface area (Å²) in [5.41, 5.74) is 2.89. The van der Waals surface area contributed by atoms with Crippen LogP contribution in [0.4, 0.5) is 11.4 Å². The SMILES string of the molecule is Cc1cc(C)c(NC(=O)COc2ccc(C)cc2[N+](=O)[O-])c(Cl)c1. The molecule has 6 nitrogen and oxygen atoms in total. The van der Waals surface area contributed by atoms with E-state index >= 15 is 0 Å². The number of benzene rings is 2. The molecule has 126 valence electrons. The zero-order valence-electron chi connectivity index (χ0n) is 13.6. The Balaban J connectivity index is 2.09. The predicted molar refractivity (Wildman–Crippen MR) is 92.9 cm³/mol. The van der Waals surface area contributed by atoms with Gasteiger partial charge < -0.3 is 10.1 Å². The van der Waals surface area contributed by atoms with E-state index in [2.05, 4.69) is 5.32 Å². The summed E-state index contributed by atoms with van der Waals surface area (Å²) in [6.45, 7) is 5.13. The second kappa shape index (κ2) is 7.31. The largest absolute Gasteiger partial charge is 0.477 e. The van der Waals surface area contributed by atoms with Gasteiger partial charge in [-0.05, 0) is 49.6 Å². The van der Waals surface area contributed by atoms with E-state index in [0.717, 1.165) is 16.7 Å². The Hall–Kier alpha value is -2.60. The molecule has 7 heteroatoms. The first-order valence-electron chi connectivity index (χ1n) is 7.22. The number of carbonyl (C=O) groups is 1. The summed E-state index contributed by atoms with van der Waals surface area (Å²) in [5, 5.41) is 14.1. The smallest absolute Gasteiger partial charge is 0.311 e. The Bertz CT molecular complexity index is 782. The highest BCUT2D eigenvalue weighted by Gasteiger charge is 2.17. The third kappa shape index (κ3) is 4.23. The summed E-state index contributed by atoms with van der Waals surface area (Å²) in [5.74, 6) is -0.397. The van der Waals surface area contributed by atoms with Crippen LogP contribution in [0.25, 0.3) is 0 Å². The van der Waals surface area contributed by atoms with Crippen molar-refractivity contribution in [1.82, 2.24) is 0 Å². The van der Waals surface area contributed by atoms with Gasteiger partial charge in [-0.1, -0.05) is 23.7 Å². The minimum absolute atomic E-state index is 0.0486. The third-order valence-corrected chi connectivity index (χ3v) is 3.66. The van der Waals surface area contributed by atoms with E-state index in [0.29, 0.717) is 10.7 Å². The molecule has 0 unspecified atom stereocenters. The Labute approximate surface area is 144 Å². The van der Waals surface area contributed by atoms with Gasteiger partial charge in [-0.2, -0.15) is 0 Å². The average Bonchev–Trinajstić information content (AvgIpc) is 2.49. The minimum atomic E-state index is -0.540. The van der Waals surface area contributed by atoms with Crippen LogP contribution in [0.15, 0.2) is 30.3 Å². The van der Waals surface area contributed by atoms with Crippen LogP contribution < -0.4 is 10.1 Å².